The SMILES string of the molecule is Cc1cnc(-c2ccccc2Cl)nc1N. The van der Waals surface area contributed by atoms with Crippen LogP contribution in [0.15, 0.2) is 30.5 Å². The van der Waals surface area contributed by atoms with Crippen molar-refractivity contribution in [2.24, 2.45) is 0 Å². The van der Waals surface area contributed by atoms with E-state index in [1.54, 1.807) is 12.3 Å². The number of halogens is 1. The van der Waals surface area contributed by atoms with E-state index < -0.39 is 0 Å². The molecule has 0 saturated carbocycles. The fourth-order valence-corrected chi connectivity index (χ4v) is 1.45. The van der Waals surface area contributed by atoms with E-state index in [4.69, 9.17) is 17.3 Å². The van der Waals surface area contributed by atoms with Gasteiger partial charge in [-0.15, -0.1) is 0 Å². The molecule has 15 heavy (non-hydrogen) atoms. The van der Waals surface area contributed by atoms with E-state index in [-0.39, 0.29) is 0 Å². The molecule has 1 heterocycles. The fourth-order valence-electron chi connectivity index (χ4n) is 1.23. The lowest BCUT2D eigenvalue weighted by molar-refractivity contribution is 1.15. The van der Waals surface area contributed by atoms with Gasteiger partial charge in [-0.05, 0) is 19.1 Å². The zero-order valence-corrected chi connectivity index (χ0v) is 8.99. The van der Waals surface area contributed by atoms with Crippen LogP contribution in [0.25, 0.3) is 11.4 Å². The number of nitrogens with two attached hydrogens (primary N) is 1. The van der Waals surface area contributed by atoms with Gasteiger partial charge in [-0.1, -0.05) is 23.7 Å². The minimum Gasteiger partial charge on any atom is -0.383 e. The quantitative estimate of drug-likeness (QED) is 0.802. The summed E-state index contributed by atoms with van der Waals surface area (Å²) in [5, 5.41) is 0.626. The predicted octanol–water partition coefficient (Wildman–Crippen LogP) is 2.69. The Bertz CT molecular complexity index is 497. The summed E-state index contributed by atoms with van der Waals surface area (Å²) in [6.07, 6.45) is 1.70. The van der Waals surface area contributed by atoms with Crippen LogP contribution in [0.1, 0.15) is 5.56 Å². The second kappa shape index (κ2) is 3.87. The molecule has 0 amide bonds. The van der Waals surface area contributed by atoms with Crippen LogP contribution in [0.4, 0.5) is 5.82 Å². The maximum atomic E-state index is 6.03. The zero-order valence-electron chi connectivity index (χ0n) is 8.24. The molecule has 2 aromatic rings. The Morgan fingerprint density at radius 3 is 2.67 bits per heavy atom. The average Bonchev–Trinajstić information content (AvgIpc) is 2.23. The van der Waals surface area contributed by atoms with Crippen molar-refractivity contribution < 1.29 is 0 Å². The predicted molar refractivity (Wildman–Crippen MR) is 61.6 cm³/mol. The summed E-state index contributed by atoms with van der Waals surface area (Å²) in [6.45, 7) is 1.87. The highest BCUT2D eigenvalue weighted by atomic mass is 35.5. The minimum atomic E-state index is 0.486. The number of nitrogens with zero attached hydrogens (tertiary/aromatic N) is 2. The first-order valence-electron chi connectivity index (χ1n) is 4.52. The van der Waals surface area contributed by atoms with Gasteiger partial charge in [0.1, 0.15) is 5.82 Å². The van der Waals surface area contributed by atoms with Crippen LogP contribution in [0.5, 0.6) is 0 Å². The molecule has 0 aliphatic carbocycles. The Labute approximate surface area is 92.9 Å². The van der Waals surface area contributed by atoms with E-state index in [2.05, 4.69) is 9.97 Å². The third kappa shape index (κ3) is 1.92. The van der Waals surface area contributed by atoms with Crippen LogP contribution in [0.2, 0.25) is 5.02 Å². The van der Waals surface area contributed by atoms with E-state index in [1.165, 1.54) is 0 Å². The number of benzene rings is 1. The topological polar surface area (TPSA) is 51.8 Å². The molecule has 0 unspecified atom stereocenters. The lowest BCUT2D eigenvalue weighted by Gasteiger charge is -2.04. The number of rotatable bonds is 1. The Morgan fingerprint density at radius 1 is 1.27 bits per heavy atom. The van der Waals surface area contributed by atoms with Crippen LogP contribution >= 0.6 is 11.6 Å². The molecule has 0 saturated heterocycles. The molecule has 0 fully saturated rings. The zero-order chi connectivity index (χ0) is 10.8. The Kier molecular flexibility index (Phi) is 2.56. The number of nitrogen functional groups attached to an aromatic ring is 1. The maximum absolute atomic E-state index is 6.03. The first-order chi connectivity index (χ1) is 7.18. The molecule has 2 N–H and O–H groups in total. The monoisotopic (exact) mass is 219 g/mol. The highest BCUT2D eigenvalue weighted by Crippen LogP contribution is 2.25. The van der Waals surface area contributed by atoms with Crippen molar-refractivity contribution >= 4 is 17.4 Å². The second-order valence-corrected chi connectivity index (χ2v) is 3.65. The standard InChI is InChI=1S/C11H10ClN3/c1-7-6-14-11(15-10(7)13)8-4-2-3-5-9(8)12/h2-6H,1H3,(H2,13,14,15). The molecule has 0 aliphatic rings. The van der Waals surface area contributed by atoms with Gasteiger partial charge >= 0.3 is 0 Å². The third-order valence-corrected chi connectivity index (χ3v) is 2.46. The van der Waals surface area contributed by atoms with Crippen LogP contribution < -0.4 is 5.73 Å². The summed E-state index contributed by atoms with van der Waals surface area (Å²) >= 11 is 6.03. The van der Waals surface area contributed by atoms with Crippen molar-refractivity contribution in [1.82, 2.24) is 9.97 Å². The highest BCUT2D eigenvalue weighted by molar-refractivity contribution is 6.33. The van der Waals surface area contributed by atoms with E-state index in [1.807, 2.05) is 25.1 Å². The van der Waals surface area contributed by atoms with Gasteiger partial charge in [0.25, 0.3) is 0 Å². The van der Waals surface area contributed by atoms with Crippen molar-refractivity contribution in [3.8, 4) is 11.4 Å². The fraction of sp³-hybridized carbons (Fsp3) is 0.0909. The molecule has 0 radical (unpaired) electrons. The molecular formula is C11H10ClN3. The average molecular weight is 220 g/mol. The van der Waals surface area contributed by atoms with Gasteiger partial charge in [-0.25, -0.2) is 9.97 Å². The number of aryl methyl sites for hydroxylation is 1. The first-order valence-corrected chi connectivity index (χ1v) is 4.90. The van der Waals surface area contributed by atoms with Gasteiger partial charge in [0, 0.05) is 17.3 Å². The summed E-state index contributed by atoms with van der Waals surface area (Å²) in [6, 6.07) is 7.42. The molecule has 3 nitrogen and oxygen atoms in total. The summed E-state index contributed by atoms with van der Waals surface area (Å²) in [5.74, 6) is 1.05. The van der Waals surface area contributed by atoms with E-state index in [0.29, 0.717) is 16.7 Å². The first kappa shape index (κ1) is 9.93. The van der Waals surface area contributed by atoms with Crippen molar-refractivity contribution in [1.29, 1.82) is 0 Å². The van der Waals surface area contributed by atoms with Crippen LogP contribution in [-0.2, 0) is 0 Å². The van der Waals surface area contributed by atoms with Crippen molar-refractivity contribution in [3.63, 3.8) is 0 Å². The van der Waals surface area contributed by atoms with E-state index in [9.17, 15) is 0 Å². The highest BCUT2D eigenvalue weighted by Gasteiger charge is 2.06. The van der Waals surface area contributed by atoms with E-state index >= 15 is 0 Å². The van der Waals surface area contributed by atoms with Crippen LogP contribution in [0.3, 0.4) is 0 Å². The second-order valence-electron chi connectivity index (χ2n) is 3.24. The van der Waals surface area contributed by atoms with Gasteiger partial charge in [0.2, 0.25) is 0 Å². The normalized spacial score (nSPS) is 10.3. The van der Waals surface area contributed by atoms with Crippen molar-refractivity contribution in [3.05, 3.63) is 41.0 Å². The smallest absolute Gasteiger partial charge is 0.163 e. The molecule has 4 heteroatoms. The molecular weight excluding hydrogens is 210 g/mol. The van der Waals surface area contributed by atoms with Gasteiger partial charge < -0.3 is 5.73 Å². The number of hydrogen-bond acceptors (Lipinski definition) is 3. The summed E-state index contributed by atoms with van der Waals surface area (Å²) < 4.78 is 0. The molecule has 0 aliphatic heterocycles. The van der Waals surface area contributed by atoms with Gasteiger partial charge in [-0.3, -0.25) is 0 Å². The molecule has 2 rings (SSSR count). The summed E-state index contributed by atoms with van der Waals surface area (Å²) in [4.78, 5) is 8.38. The van der Waals surface area contributed by atoms with Crippen LogP contribution in [0, 0.1) is 6.92 Å². The molecule has 0 bridgehead atoms. The van der Waals surface area contributed by atoms with Crippen molar-refractivity contribution in [2.75, 3.05) is 5.73 Å². The van der Waals surface area contributed by atoms with Gasteiger partial charge in [-0.2, -0.15) is 0 Å². The summed E-state index contributed by atoms with van der Waals surface area (Å²) in [7, 11) is 0. The minimum absolute atomic E-state index is 0.486. The van der Waals surface area contributed by atoms with Crippen molar-refractivity contribution in [2.45, 2.75) is 6.92 Å². The Hall–Kier alpha value is -1.61. The van der Waals surface area contributed by atoms with Gasteiger partial charge in [0.05, 0.1) is 5.02 Å². The summed E-state index contributed by atoms with van der Waals surface area (Å²) in [5.41, 5.74) is 7.38. The third-order valence-electron chi connectivity index (χ3n) is 2.13. The Balaban J connectivity index is 2.55. The van der Waals surface area contributed by atoms with Crippen LogP contribution in [-0.4, -0.2) is 9.97 Å². The molecule has 0 spiro atoms. The number of hydrogen-bond donors (Lipinski definition) is 1. The van der Waals surface area contributed by atoms with Gasteiger partial charge in [0.15, 0.2) is 5.82 Å². The largest absolute Gasteiger partial charge is 0.383 e. The lowest BCUT2D eigenvalue weighted by atomic mass is 10.2. The lowest BCUT2D eigenvalue weighted by Crippen LogP contribution is -1.98. The number of anilines is 1. The molecule has 76 valence electrons. The maximum Gasteiger partial charge on any atom is 0.163 e. The molecule has 1 aromatic carbocycles. The van der Waals surface area contributed by atoms with E-state index in [0.717, 1.165) is 11.1 Å². The molecule has 0 atom stereocenters. The Morgan fingerprint density at radius 2 is 2.00 bits per heavy atom. The molecule has 1 aromatic heterocycles. The number of aromatic nitrogens is 2.